The van der Waals surface area contributed by atoms with Gasteiger partial charge in [-0.15, -0.1) is 11.3 Å². The van der Waals surface area contributed by atoms with Crippen molar-refractivity contribution >= 4 is 53.7 Å². The fourth-order valence-corrected chi connectivity index (χ4v) is 11.7. The fraction of sp³-hybridized carbons (Fsp3) is 0.107. The molecule has 0 amide bonds. The Kier molecular flexibility index (Phi) is 7.53. The molecule has 57 heavy (non-hydrogen) atoms. The molecule has 0 nitrogen and oxygen atoms in total. The number of aryl methyl sites for hydroxylation is 6. The van der Waals surface area contributed by atoms with Crippen molar-refractivity contribution in [2.45, 2.75) is 41.5 Å². The molecule has 1 heterocycles. The number of thiophene rings is 1. The van der Waals surface area contributed by atoms with Gasteiger partial charge in [0.1, 0.15) is 0 Å². The van der Waals surface area contributed by atoms with Gasteiger partial charge in [-0.2, -0.15) is 0 Å². The minimum absolute atomic E-state index is 1.26. The van der Waals surface area contributed by atoms with E-state index in [4.69, 9.17) is 0 Å². The summed E-state index contributed by atoms with van der Waals surface area (Å²) in [6.07, 6.45) is 0. The highest BCUT2D eigenvalue weighted by Crippen LogP contribution is 2.60. The van der Waals surface area contributed by atoms with Crippen molar-refractivity contribution < 1.29 is 0 Å². The normalized spacial score (nSPS) is 12.0. The summed E-state index contributed by atoms with van der Waals surface area (Å²) >= 11 is 1.92. The van der Waals surface area contributed by atoms with Crippen molar-refractivity contribution in [1.82, 2.24) is 0 Å². The predicted molar refractivity (Wildman–Crippen MR) is 249 cm³/mol. The number of hydrogen-bond acceptors (Lipinski definition) is 1. The number of hydrogen-bond donors (Lipinski definition) is 0. The topological polar surface area (TPSA) is 0 Å². The van der Waals surface area contributed by atoms with E-state index in [0.29, 0.717) is 0 Å². The summed E-state index contributed by atoms with van der Waals surface area (Å²) in [5, 5.41) is 9.20. The van der Waals surface area contributed by atoms with Crippen molar-refractivity contribution in [3.05, 3.63) is 179 Å². The monoisotopic (exact) mass is 746 g/mol. The summed E-state index contributed by atoms with van der Waals surface area (Å²) in [4.78, 5) is 1.30. The van der Waals surface area contributed by atoms with E-state index in [1.54, 1.807) is 0 Å². The smallest absolute Gasteiger partial charge is 0.0434 e. The van der Waals surface area contributed by atoms with Crippen LogP contribution >= 0.6 is 11.3 Å². The summed E-state index contributed by atoms with van der Waals surface area (Å²) in [5.41, 5.74) is 22.6. The Morgan fingerprint density at radius 1 is 0.333 bits per heavy atom. The number of rotatable bonds is 4. The van der Waals surface area contributed by atoms with E-state index in [1.807, 2.05) is 11.3 Å². The molecule has 1 heteroatoms. The third-order valence-electron chi connectivity index (χ3n) is 12.5. The van der Waals surface area contributed by atoms with E-state index in [9.17, 15) is 0 Å². The fourth-order valence-electron chi connectivity index (χ4n) is 10.5. The molecule has 1 aliphatic rings. The van der Waals surface area contributed by atoms with E-state index >= 15 is 0 Å². The van der Waals surface area contributed by atoms with E-state index in [0.717, 1.165) is 0 Å². The van der Waals surface area contributed by atoms with Gasteiger partial charge in [0.2, 0.25) is 0 Å². The maximum atomic E-state index is 2.45. The Hall–Kier alpha value is -6.28. The predicted octanol–water partition coefficient (Wildman–Crippen LogP) is 16.5. The van der Waals surface area contributed by atoms with Crippen molar-refractivity contribution in [2.24, 2.45) is 0 Å². The van der Waals surface area contributed by atoms with Crippen LogP contribution in [0.4, 0.5) is 0 Å². The molecule has 0 aliphatic heterocycles. The Morgan fingerprint density at radius 3 is 1.46 bits per heavy atom. The second-order valence-corrected chi connectivity index (χ2v) is 17.4. The first kappa shape index (κ1) is 34.0. The minimum Gasteiger partial charge on any atom is -0.135 e. The lowest BCUT2D eigenvalue weighted by Gasteiger charge is -2.24. The molecule has 10 aromatic rings. The third-order valence-corrected chi connectivity index (χ3v) is 13.7. The first-order chi connectivity index (χ1) is 27.8. The van der Waals surface area contributed by atoms with Crippen LogP contribution in [-0.4, -0.2) is 0 Å². The Morgan fingerprint density at radius 2 is 0.842 bits per heavy atom. The van der Waals surface area contributed by atoms with Crippen LogP contribution in [0.2, 0.25) is 0 Å². The molecule has 0 spiro atoms. The zero-order chi connectivity index (χ0) is 38.7. The average molecular weight is 747 g/mol. The van der Waals surface area contributed by atoms with Crippen LogP contribution in [0.15, 0.2) is 146 Å². The Labute approximate surface area is 338 Å². The van der Waals surface area contributed by atoms with Crippen LogP contribution in [-0.2, 0) is 0 Å². The van der Waals surface area contributed by atoms with Crippen molar-refractivity contribution in [1.29, 1.82) is 0 Å². The largest absolute Gasteiger partial charge is 0.135 e. The van der Waals surface area contributed by atoms with Crippen molar-refractivity contribution in [2.75, 3.05) is 0 Å². The molecule has 0 saturated heterocycles. The van der Waals surface area contributed by atoms with Crippen LogP contribution in [0.3, 0.4) is 0 Å². The molecule has 1 aromatic heterocycles. The number of fused-ring (bicyclic) bond motifs is 7. The van der Waals surface area contributed by atoms with Crippen molar-refractivity contribution in [3.8, 4) is 66.1 Å². The first-order valence-electron chi connectivity index (χ1n) is 20.1. The second kappa shape index (κ2) is 12.6. The molecule has 0 bridgehead atoms. The summed E-state index contributed by atoms with van der Waals surface area (Å²) in [5.74, 6) is 0. The van der Waals surface area contributed by atoms with Gasteiger partial charge in [0, 0.05) is 20.5 Å². The molecule has 0 fully saturated rings. The molecule has 0 saturated carbocycles. The highest BCUT2D eigenvalue weighted by molar-refractivity contribution is 7.23. The van der Waals surface area contributed by atoms with Crippen LogP contribution in [0.25, 0.3) is 108 Å². The first-order valence-corrected chi connectivity index (χ1v) is 20.9. The minimum atomic E-state index is 1.26. The SMILES string of the molecule is Cc1cc(C)c(-c2c3c(c(-c4c(C)cc(C)cc4C)c4ccccc24)-c2ccc(-c4cc5ccccc5c5cc(-c6ccccc6)sc45)c4cccc-3c24)c(C)c1. The molecule has 0 atom stereocenters. The maximum Gasteiger partial charge on any atom is 0.0434 e. The molecule has 0 N–H and O–H groups in total. The van der Waals surface area contributed by atoms with Gasteiger partial charge in [-0.1, -0.05) is 145 Å². The zero-order valence-corrected chi connectivity index (χ0v) is 34.1. The average Bonchev–Trinajstić information content (AvgIpc) is 3.80. The Balaban J connectivity index is 1.29. The van der Waals surface area contributed by atoms with Gasteiger partial charge in [0.25, 0.3) is 0 Å². The molecule has 9 aromatic carbocycles. The summed E-state index contributed by atoms with van der Waals surface area (Å²) < 4.78 is 1.34. The van der Waals surface area contributed by atoms with E-state index in [-0.39, 0.29) is 0 Å². The van der Waals surface area contributed by atoms with Crippen LogP contribution in [0, 0.1) is 41.5 Å². The van der Waals surface area contributed by atoms with Gasteiger partial charge < -0.3 is 0 Å². The van der Waals surface area contributed by atoms with E-state index < -0.39 is 0 Å². The molecular formula is C56H42S. The quantitative estimate of drug-likeness (QED) is 0.168. The lowest BCUT2D eigenvalue weighted by molar-refractivity contribution is 1.32. The number of benzene rings is 9. The molecule has 0 radical (unpaired) electrons. The lowest BCUT2D eigenvalue weighted by Crippen LogP contribution is -1.99. The molecule has 272 valence electrons. The highest BCUT2D eigenvalue weighted by Gasteiger charge is 2.33. The van der Waals surface area contributed by atoms with E-state index in [1.165, 1.54) is 142 Å². The molecule has 0 unspecified atom stereocenters. The molecular weight excluding hydrogens is 705 g/mol. The van der Waals surface area contributed by atoms with Crippen molar-refractivity contribution in [3.63, 3.8) is 0 Å². The zero-order valence-electron chi connectivity index (χ0n) is 33.3. The van der Waals surface area contributed by atoms with E-state index in [2.05, 4.69) is 187 Å². The maximum absolute atomic E-state index is 2.45. The summed E-state index contributed by atoms with van der Waals surface area (Å²) in [6.45, 7) is 13.6. The lowest BCUT2D eigenvalue weighted by atomic mass is 9.79. The standard InChI is InChI=1S/C56H42S/c1-31-25-33(3)49(34(4)26-31)52-42-19-12-13-20-43(42)53(50-35(5)27-32(2)28-36(50)6)55-45-24-23-40(41-21-14-22-44(51(41)45)54(52)55)46-29-38-17-10-11-18-39(38)47-30-48(57-56(46)47)37-15-8-7-9-16-37/h7-30H,1-6H3. The highest BCUT2D eigenvalue weighted by atomic mass is 32.1. The van der Waals surface area contributed by atoms with Gasteiger partial charge in [-0.25, -0.2) is 0 Å². The van der Waals surface area contributed by atoms with Gasteiger partial charge in [0.15, 0.2) is 0 Å². The van der Waals surface area contributed by atoms with Crippen LogP contribution in [0.1, 0.15) is 33.4 Å². The molecule has 11 rings (SSSR count). The van der Waals surface area contributed by atoms with Gasteiger partial charge in [-0.05, 0) is 164 Å². The van der Waals surface area contributed by atoms with Crippen LogP contribution in [0.5, 0.6) is 0 Å². The summed E-state index contributed by atoms with van der Waals surface area (Å²) in [7, 11) is 0. The third kappa shape index (κ3) is 4.98. The molecule has 1 aliphatic carbocycles. The van der Waals surface area contributed by atoms with Gasteiger partial charge >= 0.3 is 0 Å². The van der Waals surface area contributed by atoms with Gasteiger partial charge in [-0.3, -0.25) is 0 Å². The van der Waals surface area contributed by atoms with Gasteiger partial charge in [0.05, 0.1) is 0 Å². The van der Waals surface area contributed by atoms with Crippen LogP contribution < -0.4 is 0 Å². The Bertz CT molecular complexity index is 3180. The summed E-state index contributed by atoms with van der Waals surface area (Å²) in [6, 6.07) is 55.2. The second-order valence-electron chi connectivity index (χ2n) is 16.3.